The van der Waals surface area contributed by atoms with Gasteiger partial charge in [0.25, 0.3) is 0 Å². The van der Waals surface area contributed by atoms with Crippen LogP contribution in [0.3, 0.4) is 0 Å². The van der Waals surface area contributed by atoms with Crippen molar-refractivity contribution in [3.05, 3.63) is 30.1 Å². The third kappa shape index (κ3) is 4.50. The van der Waals surface area contributed by atoms with Gasteiger partial charge in [-0.25, -0.2) is 13.1 Å². The van der Waals surface area contributed by atoms with Crippen LogP contribution >= 0.6 is 0 Å². The van der Waals surface area contributed by atoms with Gasteiger partial charge in [0.15, 0.2) is 5.82 Å². The minimum absolute atomic E-state index is 0.103. The quantitative estimate of drug-likeness (QED) is 0.658. The zero-order chi connectivity index (χ0) is 19.2. The molecular formula is C16H21N5O4S. The smallest absolute Gasteiger partial charge is 0.316 e. The lowest BCUT2D eigenvalue weighted by molar-refractivity contribution is 0.326. The molecule has 9 nitrogen and oxygen atoms in total. The van der Waals surface area contributed by atoms with Gasteiger partial charge in [-0.2, -0.15) is 5.26 Å². The first-order valence-corrected chi connectivity index (χ1v) is 9.50. The number of hydrogen-bond acceptors (Lipinski definition) is 7. The van der Waals surface area contributed by atoms with Crippen molar-refractivity contribution >= 4 is 10.0 Å². The summed E-state index contributed by atoms with van der Waals surface area (Å²) in [6.07, 6.45) is 0.265. The lowest BCUT2D eigenvalue weighted by Crippen LogP contribution is -2.29. The average molecular weight is 379 g/mol. The van der Waals surface area contributed by atoms with E-state index in [4.69, 9.17) is 14.7 Å². The summed E-state index contributed by atoms with van der Waals surface area (Å²) < 4.78 is 39.9. The second-order valence-electron chi connectivity index (χ2n) is 5.36. The molecule has 1 atom stereocenters. The molecule has 1 N–H and O–H groups in total. The van der Waals surface area contributed by atoms with Crippen LogP contribution in [0.25, 0.3) is 0 Å². The van der Waals surface area contributed by atoms with Crippen molar-refractivity contribution in [3.63, 3.8) is 0 Å². The van der Waals surface area contributed by atoms with Gasteiger partial charge in [-0.3, -0.25) is 4.57 Å². The van der Waals surface area contributed by atoms with Gasteiger partial charge in [0.2, 0.25) is 10.0 Å². The number of sulfonamides is 1. The number of benzene rings is 1. The topological polar surface area (TPSA) is 119 Å². The first kappa shape index (κ1) is 19.7. The molecule has 0 aliphatic heterocycles. The lowest BCUT2D eigenvalue weighted by Gasteiger charge is -2.15. The molecule has 26 heavy (non-hydrogen) atoms. The summed E-state index contributed by atoms with van der Waals surface area (Å²) in [7, 11) is -2.27. The third-order valence-corrected chi connectivity index (χ3v) is 5.14. The molecule has 0 radical (unpaired) electrons. The molecule has 0 unspecified atom stereocenters. The Labute approximate surface area is 152 Å². The molecule has 0 spiro atoms. The van der Waals surface area contributed by atoms with Gasteiger partial charge in [-0.15, -0.1) is 5.10 Å². The summed E-state index contributed by atoms with van der Waals surface area (Å²) >= 11 is 0. The molecule has 0 bridgehead atoms. The van der Waals surface area contributed by atoms with Gasteiger partial charge < -0.3 is 9.47 Å². The molecule has 140 valence electrons. The third-order valence-electron chi connectivity index (χ3n) is 3.58. The highest BCUT2D eigenvalue weighted by atomic mass is 32.2. The summed E-state index contributed by atoms with van der Waals surface area (Å²) in [6, 6.07) is 7.70. The second kappa shape index (κ2) is 8.64. The van der Waals surface area contributed by atoms with Crippen molar-refractivity contribution in [2.24, 2.45) is 0 Å². The molecule has 1 aromatic carbocycles. The highest BCUT2D eigenvalue weighted by molar-refractivity contribution is 7.89. The van der Waals surface area contributed by atoms with Crippen LogP contribution in [0.2, 0.25) is 0 Å². The Hall–Kier alpha value is -2.64. The van der Waals surface area contributed by atoms with Gasteiger partial charge >= 0.3 is 6.01 Å². The Bertz CT molecular complexity index is 871. The highest BCUT2D eigenvalue weighted by Crippen LogP contribution is 2.21. The number of rotatable bonds is 9. The molecule has 2 rings (SSSR count). The van der Waals surface area contributed by atoms with Gasteiger partial charge in [-0.1, -0.05) is 5.10 Å². The number of nitrogens with zero attached hydrogens (tertiary/aromatic N) is 4. The number of hydrogen-bond donors (Lipinski definition) is 1. The zero-order valence-electron chi connectivity index (χ0n) is 14.8. The Balaban J connectivity index is 2.13. The van der Waals surface area contributed by atoms with Crippen LogP contribution in [-0.4, -0.2) is 36.9 Å². The molecule has 0 aliphatic rings. The van der Waals surface area contributed by atoms with E-state index in [0.29, 0.717) is 24.1 Å². The van der Waals surface area contributed by atoms with Crippen molar-refractivity contribution in [2.75, 3.05) is 13.7 Å². The van der Waals surface area contributed by atoms with Crippen molar-refractivity contribution in [2.45, 2.75) is 37.8 Å². The maximum Gasteiger partial charge on any atom is 0.316 e. The van der Waals surface area contributed by atoms with Crippen LogP contribution in [0, 0.1) is 11.3 Å². The standard InChI is InChI=1S/C16H21N5O4S/c1-4-21-15(18-19-16(21)24-3)12(2)20-26(22,23)14-8-6-13(7-9-14)25-11-5-10-17/h6-9,12,20H,4-5,11H2,1-3H3/t12-/m1/s1. The zero-order valence-corrected chi connectivity index (χ0v) is 15.7. The van der Waals surface area contributed by atoms with Crippen molar-refractivity contribution in [3.8, 4) is 17.8 Å². The van der Waals surface area contributed by atoms with Crippen LogP contribution in [0.5, 0.6) is 11.8 Å². The van der Waals surface area contributed by atoms with Gasteiger partial charge in [0, 0.05) is 6.54 Å². The van der Waals surface area contributed by atoms with Crippen LogP contribution in [0.15, 0.2) is 29.2 Å². The molecule has 10 heteroatoms. The second-order valence-corrected chi connectivity index (χ2v) is 7.07. The van der Waals surface area contributed by atoms with E-state index < -0.39 is 16.1 Å². The molecular weight excluding hydrogens is 358 g/mol. The summed E-state index contributed by atoms with van der Waals surface area (Å²) in [4.78, 5) is 0.103. The van der Waals surface area contributed by atoms with Crippen LogP contribution < -0.4 is 14.2 Å². The number of ether oxygens (including phenoxy) is 2. The van der Waals surface area contributed by atoms with Gasteiger partial charge in [0.05, 0.1) is 30.5 Å². The maximum atomic E-state index is 12.6. The molecule has 0 saturated heterocycles. The van der Waals surface area contributed by atoms with E-state index in [1.165, 1.54) is 19.2 Å². The Morgan fingerprint density at radius 1 is 1.31 bits per heavy atom. The fourth-order valence-corrected chi connectivity index (χ4v) is 3.55. The molecule has 0 aliphatic carbocycles. The van der Waals surface area contributed by atoms with E-state index in [9.17, 15) is 8.42 Å². The average Bonchev–Trinajstić information content (AvgIpc) is 3.05. The van der Waals surface area contributed by atoms with Crippen molar-refractivity contribution < 1.29 is 17.9 Å². The van der Waals surface area contributed by atoms with Crippen molar-refractivity contribution in [1.29, 1.82) is 5.26 Å². The van der Waals surface area contributed by atoms with E-state index in [-0.39, 0.29) is 17.9 Å². The number of methoxy groups -OCH3 is 1. The summed E-state index contributed by atoms with van der Waals surface area (Å²) in [5.74, 6) is 0.965. The van der Waals surface area contributed by atoms with E-state index in [2.05, 4.69) is 14.9 Å². The van der Waals surface area contributed by atoms with E-state index in [1.54, 1.807) is 23.6 Å². The van der Waals surface area contributed by atoms with Gasteiger partial charge in [0.1, 0.15) is 12.4 Å². The summed E-state index contributed by atoms with van der Waals surface area (Å²) in [6.45, 7) is 4.38. The number of nitriles is 1. The normalized spacial score (nSPS) is 12.4. The maximum absolute atomic E-state index is 12.6. The first-order valence-electron chi connectivity index (χ1n) is 8.02. The van der Waals surface area contributed by atoms with E-state index in [0.717, 1.165) is 0 Å². The molecule has 0 amide bonds. The molecule has 1 heterocycles. The van der Waals surface area contributed by atoms with E-state index in [1.807, 2.05) is 13.0 Å². The molecule has 0 saturated carbocycles. The van der Waals surface area contributed by atoms with Crippen LogP contribution in [0.4, 0.5) is 0 Å². The number of nitrogens with one attached hydrogen (secondary N) is 1. The molecule has 1 aromatic heterocycles. The lowest BCUT2D eigenvalue weighted by atomic mass is 10.3. The predicted octanol–water partition coefficient (Wildman–Crippen LogP) is 1.64. The first-order chi connectivity index (χ1) is 12.4. The largest absolute Gasteiger partial charge is 0.493 e. The summed E-state index contributed by atoms with van der Waals surface area (Å²) in [5, 5.41) is 16.4. The van der Waals surface area contributed by atoms with E-state index >= 15 is 0 Å². The van der Waals surface area contributed by atoms with Crippen molar-refractivity contribution in [1.82, 2.24) is 19.5 Å². The van der Waals surface area contributed by atoms with Gasteiger partial charge in [-0.05, 0) is 38.1 Å². The fraction of sp³-hybridized carbons (Fsp3) is 0.438. The minimum Gasteiger partial charge on any atom is -0.493 e. The fourth-order valence-electron chi connectivity index (χ4n) is 2.35. The number of aromatic nitrogens is 3. The monoisotopic (exact) mass is 379 g/mol. The molecule has 0 fully saturated rings. The highest BCUT2D eigenvalue weighted by Gasteiger charge is 2.23. The SMILES string of the molecule is CCn1c(OC)nnc1[C@@H](C)NS(=O)(=O)c1ccc(OCCC#N)cc1. The Morgan fingerprint density at radius 3 is 2.58 bits per heavy atom. The Kier molecular flexibility index (Phi) is 6.54. The summed E-state index contributed by atoms with van der Waals surface area (Å²) in [5.41, 5.74) is 0. The molecule has 2 aromatic rings. The minimum atomic E-state index is -3.75. The van der Waals surface area contributed by atoms with Crippen LogP contribution in [-0.2, 0) is 16.6 Å². The Morgan fingerprint density at radius 2 is 2.00 bits per heavy atom. The predicted molar refractivity (Wildman–Crippen MR) is 93.2 cm³/mol. The van der Waals surface area contributed by atoms with Crippen LogP contribution in [0.1, 0.15) is 32.1 Å².